The van der Waals surface area contributed by atoms with E-state index in [1.807, 2.05) is 12.1 Å². The molecule has 6 heteroatoms. The molecule has 0 spiro atoms. The molecule has 1 fully saturated rings. The van der Waals surface area contributed by atoms with Crippen LogP contribution in [0.15, 0.2) is 22.7 Å². The predicted octanol–water partition coefficient (Wildman–Crippen LogP) is 3.04. The molecule has 20 heavy (non-hydrogen) atoms. The minimum Gasteiger partial charge on any atom is -0.393 e. The van der Waals surface area contributed by atoms with Gasteiger partial charge in [-0.3, -0.25) is 0 Å². The summed E-state index contributed by atoms with van der Waals surface area (Å²) in [6, 6.07) is 5.52. The van der Waals surface area contributed by atoms with E-state index in [2.05, 4.69) is 26.2 Å². The lowest BCUT2D eigenvalue weighted by Gasteiger charge is -2.17. The van der Waals surface area contributed by atoms with E-state index in [4.69, 9.17) is 5.73 Å². The lowest BCUT2D eigenvalue weighted by atomic mass is 10.1. The number of nitrogens with two attached hydrogens (primary N) is 1. The van der Waals surface area contributed by atoms with Gasteiger partial charge in [0, 0.05) is 15.9 Å². The number of hydrogen-bond acceptors (Lipinski definition) is 4. The molecule has 2 aromatic rings. The number of rotatable bonds is 2. The molecule has 1 saturated carbocycles. The number of nitrogen functional groups attached to an aromatic ring is 1. The molecule has 106 valence electrons. The third-order valence-corrected chi connectivity index (χ3v) is 4.16. The first-order valence-corrected chi connectivity index (χ1v) is 7.32. The van der Waals surface area contributed by atoms with E-state index < -0.39 is 5.82 Å². The van der Waals surface area contributed by atoms with Crippen LogP contribution in [0.25, 0.3) is 10.9 Å². The molecule has 1 heterocycles. The van der Waals surface area contributed by atoms with Crippen molar-refractivity contribution in [2.75, 3.05) is 11.1 Å². The van der Waals surface area contributed by atoms with E-state index in [1.165, 1.54) is 0 Å². The largest absolute Gasteiger partial charge is 0.393 e. The SMILES string of the molecule is Nc1nc2cc(Br)ccc2c(N[C@H]2CC[C@H](O)C2)c1F. The number of aromatic nitrogens is 1. The Balaban J connectivity index is 2.05. The average Bonchev–Trinajstić information content (AvgIpc) is 2.80. The summed E-state index contributed by atoms with van der Waals surface area (Å²) in [6.45, 7) is 0. The highest BCUT2D eigenvalue weighted by Gasteiger charge is 2.25. The van der Waals surface area contributed by atoms with E-state index in [-0.39, 0.29) is 18.0 Å². The van der Waals surface area contributed by atoms with Crippen LogP contribution in [0.4, 0.5) is 15.9 Å². The van der Waals surface area contributed by atoms with E-state index in [0.29, 0.717) is 23.0 Å². The quantitative estimate of drug-likeness (QED) is 0.786. The van der Waals surface area contributed by atoms with Crippen LogP contribution in [0.5, 0.6) is 0 Å². The molecular weight excluding hydrogens is 325 g/mol. The number of aliphatic hydroxyl groups excluding tert-OH is 1. The summed E-state index contributed by atoms with van der Waals surface area (Å²) in [4.78, 5) is 4.07. The van der Waals surface area contributed by atoms with E-state index >= 15 is 0 Å². The molecule has 0 radical (unpaired) electrons. The number of nitrogens with one attached hydrogen (secondary N) is 1. The smallest absolute Gasteiger partial charge is 0.188 e. The summed E-state index contributed by atoms with van der Waals surface area (Å²) in [5.41, 5.74) is 6.66. The van der Waals surface area contributed by atoms with Gasteiger partial charge in [0.05, 0.1) is 17.3 Å². The molecule has 4 nitrogen and oxygen atoms in total. The van der Waals surface area contributed by atoms with Gasteiger partial charge in [0.25, 0.3) is 0 Å². The molecule has 1 aliphatic carbocycles. The van der Waals surface area contributed by atoms with Crippen LogP contribution in [0.2, 0.25) is 0 Å². The van der Waals surface area contributed by atoms with E-state index in [0.717, 1.165) is 17.3 Å². The lowest BCUT2D eigenvalue weighted by molar-refractivity contribution is 0.182. The number of aliphatic hydroxyl groups is 1. The molecular formula is C14H15BrFN3O. The van der Waals surface area contributed by atoms with Crippen molar-refractivity contribution in [2.24, 2.45) is 0 Å². The van der Waals surface area contributed by atoms with Gasteiger partial charge in [-0.25, -0.2) is 9.37 Å². The molecule has 0 saturated heterocycles. The van der Waals surface area contributed by atoms with Gasteiger partial charge >= 0.3 is 0 Å². The Kier molecular flexibility index (Phi) is 3.52. The Hall–Kier alpha value is -1.40. The number of pyridine rings is 1. The number of anilines is 2. The van der Waals surface area contributed by atoms with Crippen molar-refractivity contribution in [1.29, 1.82) is 0 Å². The third kappa shape index (κ3) is 2.45. The first kappa shape index (κ1) is 13.6. The number of nitrogens with zero attached hydrogens (tertiary/aromatic N) is 1. The zero-order valence-corrected chi connectivity index (χ0v) is 12.3. The Morgan fingerprint density at radius 3 is 2.90 bits per heavy atom. The number of halogens is 2. The van der Waals surface area contributed by atoms with Crippen LogP contribution in [-0.4, -0.2) is 22.2 Å². The number of benzene rings is 1. The summed E-state index contributed by atoms with van der Waals surface area (Å²) in [5.74, 6) is -0.641. The van der Waals surface area contributed by atoms with E-state index in [1.54, 1.807) is 6.07 Å². The van der Waals surface area contributed by atoms with Gasteiger partial charge in [0.1, 0.15) is 0 Å². The van der Waals surface area contributed by atoms with Crippen LogP contribution in [0.3, 0.4) is 0 Å². The average molecular weight is 340 g/mol. The van der Waals surface area contributed by atoms with Gasteiger partial charge in [-0.1, -0.05) is 15.9 Å². The standard InChI is InChI=1S/C14H15BrFN3O/c15-7-1-4-10-11(5-7)19-14(17)12(16)13(10)18-8-2-3-9(20)6-8/h1,4-5,8-9,20H,2-3,6H2,(H3,17,18,19)/t8-,9-/m0/s1. The molecule has 3 rings (SSSR count). The van der Waals surface area contributed by atoms with Crippen LogP contribution in [-0.2, 0) is 0 Å². The monoisotopic (exact) mass is 339 g/mol. The maximum absolute atomic E-state index is 14.3. The lowest BCUT2D eigenvalue weighted by Crippen LogP contribution is -2.18. The van der Waals surface area contributed by atoms with Crippen LogP contribution in [0.1, 0.15) is 19.3 Å². The molecule has 1 aromatic heterocycles. The van der Waals surface area contributed by atoms with Crippen molar-refractivity contribution in [3.63, 3.8) is 0 Å². The van der Waals surface area contributed by atoms with Crippen molar-refractivity contribution in [1.82, 2.24) is 4.98 Å². The highest BCUT2D eigenvalue weighted by molar-refractivity contribution is 9.10. The Labute approximate surface area is 124 Å². The topological polar surface area (TPSA) is 71.2 Å². The molecule has 0 amide bonds. The molecule has 4 N–H and O–H groups in total. The number of fused-ring (bicyclic) bond motifs is 1. The first-order valence-electron chi connectivity index (χ1n) is 6.53. The normalized spacial score (nSPS) is 22.4. The van der Waals surface area contributed by atoms with Gasteiger partial charge in [-0.2, -0.15) is 0 Å². The van der Waals surface area contributed by atoms with Gasteiger partial charge in [0.15, 0.2) is 11.6 Å². The van der Waals surface area contributed by atoms with Gasteiger partial charge in [-0.15, -0.1) is 0 Å². The summed E-state index contributed by atoms with van der Waals surface area (Å²) in [6.07, 6.45) is 1.87. The molecule has 1 aromatic carbocycles. The minimum absolute atomic E-state index is 0.0631. The third-order valence-electron chi connectivity index (χ3n) is 3.67. The van der Waals surface area contributed by atoms with Gasteiger partial charge < -0.3 is 16.2 Å². The van der Waals surface area contributed by atoms with Crippen molar-refractivity contribution < 1.29 is 9.50 Å². The second-order valence-corrected chi connectivity index (χ2v) is 6.07. The van der Waals surface area contributed by atoms with Crippen LogP contribution < -0.4 is 11.1 Å². The molecule has 0 unspecified atom stereocenters. The Morgan fingerprint density at radius 2 is 2.20 bits per heavy atom. The van der Waals surface area contributed by atoms with Crippen LogP contribution >= 0.6 is 15.9 Å². The summed E-state index contributed by atoms with van der Waals surface area (Å²) < 4.78 is 15.1. The highest BCUT2D eigenvalue weighted by atomic mass is 79.9. The minimum atomic E-state index is -0.527. The summed E-state index contributed by atoms with van der Waals surface area (Å²) >= 11 is 3.37. The van der Waals surface area contributed by atoms with Crippen molar-refractivity contribution >= 4 is 38.3 Å². The molecule has 0 aliphatic heterocycles. The summed E-state index contributed by atoms with van der Waals surface area (Å²) in [5, 5.41) is 13.4. The molecule has 2 atom stereocenters. The highest BCUT2D eigenvalue weighted by Crippen LogP contribution is 2.33. The Bertz CT molecular complexity index is 664. The van der Waals surface area contributed by atoms with E-state index in [9.17, 15) is 9.50 Å². The van der Waals surface area contributed by atoms with Crippen molar-refractivity contribution in [3.8, 4) is 0 Å². The first-order chi connectivity index (χ1) is 9.54. The van der Waals surface area contributed by atoms with Crippen molar-refractivity contribution in [3.05, 3.63) is 28.5 Å². The second kappa shape index (κ2) is 5.18. The zero-order valence-electron chi connectivity index (χ0n) is 10.7. The maximum Gasteiger partial charge on any atom is 0.188 e. The maximum atomic E-state index is 14.3. The van der Waals surface area contributed by atoms with Crippen LogP contribution in [0, 0.1) is 5.82 Å². The zero-order chi connectivity index (χ0) is 14.3. The fraction of sp³-hybridized carbons (Fsp3) is 0.357. The molecule has 0 bridgehead atoms. The fourth-order valence-corrected chi connectivity index (χ4v) is 3.02. The fourth-order valence-electron chi connectivity index (χ4n) is 2.67. The second-order valence-electron chi connectivity index (χ2n) is 5.16. The van der Waals surface area contributed by atoms with Gasteiger partial charge in [-0.05, 0) is 37.5 Å². The Morgan fingerprint density at radius 1 is 1.40 bits per heavy atom. The van der Waals surface area contributed by atoms with Crippen molar-refractivity contribution in [2.45, 2.75) is 31.4 Å². The van der Waals surface area contributed by atoms with Gasteiger partial charge in [0.2, 0.25) is 0 Å². The molecule has 1 aliphatic rings. The predicted molar refractivity (Wildman–Crippen MR) is 81.1 cm³/mol. The number of hydrogen-bond donors (Lipinski definition) is 3. The summed E-state index contributed by atoms with van der Waals surface area (Å²) in [7, 11) is 0.